The molecular weight excluding hydrogens is 538 g/mol. The number of ether oxygens (including phenoxy) is 1. The van der Waals surface area contributed by atoms with Crippen molar-refractivity contribution < 1.29 is 28.2 Å². The van der Waals surface area contributed by atoms with Crippen LogP contribution in [0.25, 0.3) is 11.0 Å². The minimum atomic E-state index is -1.42. The van der Waals surface area contributed by atoms with Gasteiger partial charge in [-0.25, -0.2) is 27.5 Å². The van der Waals surface area contributed by atoms with Crippen LogP contribution in [0, 0.1) is 11.6 Å². The summed E-state index contributed by atoms with van der Waals surface area (Å²) in [4.78, 5) is 50.5. The summed E-state index contributed by atoms with van der Waals surface area (Å²) in [6.07, 6.45) is 0.975. The number of nitrogens with two attached hydrogens (primary N) is 1. The summed E-state index contributed by atoms with van der Waals surface area (Å²) >= 11 is 6.20. The van der Waals surface area contributed by atoms with E-state index in [0.29, 0.717) is 16.2 Å². The molecule has 3 N–H and O–H groups in total. The Labute approximate surface area is 224 Å². The van der Waals surface area contributed by atoms with Gasteiger partial charge in [0, 0.05) is 17.8 Å². The van der Waals surface area contributed by atoms with Crippen molar-refractivity contribution >= 4 is 34.6 Å². The molecule has 0 spiro atoms. The predicted octanol–water partition coefficient (Wildman–Crippen LogP) is 3.25. The maximum absolute atomic E-state index is 13.9. The number of aromatic nitrogens is 3. The molecule has 0 radical (unpaired) electrons. The molecule has 1 amide bonds. The van der Waals surface area contributed by atoms with Crippen molar-refractivity contribution in [1.29, 1.82) is 0 Å². The number of fused-ring (bicyclic) bond motifs is 1. The molecule has 2 heterocycles. The molecule has 4 aromatic rings. The van der Waals surface area contributed by atoms with Gasteiger partial charge in [0.15, 0.2) is 0 Å². The van der Waals surface area contributed by atoms with Crippen molar-refractivity contribution in [3.63, 3.8) is 0 Å². The Balaban J connectivity index is 1.66. The van der Waals surface area contributed by atoms with Gasteiger partial charge in [-0.15, -0.1) is 0 Å². The fourth-order valence-electron chi connectivity index (χ4n) is 4.00. The summed E-state index contributed by atoms with van der Waals surface area (Å²) in [5.74, 6) is -2.31. The molecule has 2 aromatic heterocycles. The standard InChI is InChI=1S/C26H23ClF2N4O6/c1-26(2,38)11-21(34)32-19-9-14(3-6-18(19)33(24(30)36)25(32)37)12-31-8-7-20(22(27)23(31)35)39-13-15-4-5-16(28)10-17(15)29/h3-10,38H,11-13H2,1-2H3,(H2,30,36). The van der Waals surface area contributed by atoms with E-state index in [1.54, 1.807) is 0 Å². The van der Waals surface area contributed by atoms with Gasteiger partial charge in [0.2, 0.25) is 5.91 Å². The van der Waals surface area contributed by atoms with Crippen molar-refractivity contribution in [1.82, 2.24) is 13.7 Å². The quantitative estimate of drug-likeness (QED) is 0.356. The van der Waals surface area contributed by atoms with Crippen molar-refractivity contribution in [3.8, 4) is 5.75 Å². The van der Waals surface area contributed by atoms with Crippen molar-refractivity contribution in [2.45, 2.75) is 39.0 Å². The van der Waals surface area contributed by atoms with E-state index in [-0.39, 0.29) is 40.5 Å². The topological polar surface area (TPSA) is 139 Å². The number of imidazole rings is 1. The smallest absolute Gasteiger partial charge is 0.344 e. The first-order chi connectivity index (χ1) is 18.3. The van der Waals surface area contributed by atoms with Crippen molar-refractivity contribution in [2.24, 2.45) is 5.73 Å². The molecular formula is C26H23ClF2N4O6. The van der Waals surface area contributed by atoms with Crippen LogP contribution in [0.2, 0.25) is 5.02 Å². The third kappa shape index (κ3) is 5.76. The highest BCUT2D eigenvalue weighted by molar-refractivity contribution is 6.31. The van der Waals surface area contributed by atoms with E-state index in [2.05, 4.69) is 0 Å². The Bertz CT molecular complexity index is 1740. The van der Waals surface area contributed by atoms with Gasteiger partial charge in [-0.05, 0) is 49.7 Å². The summed E-state index contributed by atoms with van der Waals surface area (Å²) in [5.41, 5.74) is 2.97. The molecule has 39 heavy (non-hydrogen) atoms. The van der Waals surface area contributed by atoms with Gasteiger partial charge < -0.3 is 20.1 Å². The van der Waals surface area contributed by atoms with Crippen LogP contribution in [0.5, 0.6) is 5.75 Å². The van der Waals surface area contributed by atoms with E-state index in [1.165, 1.54) is 54.9 Å². The summed E-state index contributed by atoms with van der Waals surface area (Å²) in [7, 11) is 0. The largest absolute Gasteiger partial charge is 0.487 e. The van der Waals surface area contributed by atoms with Crippen LogP contribution in [0.1, 0.15) is 36.2 Å². The first-order valence-corrected chi connectivity index (χ1v) is 11.9. The number of halogens is 3. The van der Waals surface area contributed by atoms with E-state index < -0.39 is 46.8 Å². The number of carbonyl (C=O) groups is 2. The number of rotatable bonds is 7. The third-order valence-corrected chi connectivity index (χ3v) is 6.13. The number of nitrogens with zero attached hydrogens (tertiary/aromatic N) is 3. The third-order valence-electron chi connectivity index (χ3n) is 5.78. The second-order valence-corrected chi connectivity index (χ2v) is 9.83. The Morgan fingerprint density at radius 1 is 1.05 bits per heavy atom. The lowest BCUT2D eigenvalue weighted by Crippen LogP contribution is -2.37. The lowest BCUT2D eigenvalue weighted by molar-refractivity contribution is 0.0530. The fourth-order valence-corrected chi connectivity index (χ4v) is 4.23. The lowest BCUT2D eigenvalue weighted by Gasteiger charge is -2.15. The van der Waals surface area contributed by atoms with Gasteiger partial charge in [-0.2, -0.15) is 0 Å². The molecule has 204 valence electrons. The summed E-state index contributed by atoms with van der Waals surface area (Å²) in [6.45, 7) is 2.46. The molecule has 0 unspecified atom stereocenters. The van der Waals surface area contributed by atoms with Gasteiger partial charge in [-0.3, -0.25) is 9.59 Å². The molecule has 10 nitrogen and oxygen atoms in total. The van der Waals surface area contributed by atoms with Crippen LogP contribution in [0.3, 0.4) is 0 Å². The predicted molar refractivity (Wildman–Crippen MR) is 138 cm³/mol. The summed E-state index contributed by atoms with van der Waals surface area (Å²) < 4.78 is 35.1. The van der Waals surface area contributed by atoms with Gasteiger partial charge in [0.1, 0.15) is 29.0 Å². The maximum atomic E-state index is 13.9. The molecule has 0 bridgehead atoms. The monoisotopic (exact) mass is 560 g/mol. The maximum Gasteiger partial charge on any atom is 0.344 e. The Kier molecular flexibility index (Phi) is 7.44. The highest BCUT2D eigenvalue weighted by Gasteiger charge is 2.26. The first-order valence-electron chi connectivity index (χ1n) is 11.5. The zero-order valence-electron chi connectivity index (χ0n) is 20.8. The lowest BCUT2D eigenvalue weighted by atomic mass is 10.1. The fraction of sp³-hybridized carbons (Fsp3) is 0.231. The minimum Gasteiger partial charge on any atom is -0.487 e. The molecule has 0 saturated carbocycles. The van der Waals surface area contributed by atoms with E-state index >= 15 is 0 Å². The molecule has 0 aliphatic carbocycles. The van der Waals surface area contributed by atoms with Crippen LogP contribution in [-0.2, 0) is 13.2 Å². The molecule has 0 aliphatic heterocycles. The van der Waals surface area contributed by atoms with Crippen molar-refractivity contribution in [2.75, 3.05) is 0 Å². The minimum absolute atomic E-state index is 0.0123. The number of hydrogen-bond acceptors (Lipinski definition) is 6. The number of primary amides is 1. The van der Waals surface area contributed by atoms with E-state index in [1.807, 2.05) is 0 Å². The van der Waals surface area contributed by atoms with Crippen LogP contribution in [0.4, 0.5) is 13.6 Å². The Hall–Kier alpha value is -4.29. The molecule has 0 fully saturated rings. The Morgan fingerprint density at radius 2 is 1.77 bits per heavy atom. The highest BCUT2D eigenvalue weighted by Crippen LogP contribution is 2.23. The zero-order valence-corrected chi connectivity index (χ0v) is 21.5. The molecule has 2 aromatic carbocycles. The van der Waals surface area contributed by atoms with E-state index in [0.717, 1.165) is 10.6 Å². The van der Waals surface area contributed by atoms with E-state index in [9.17, 15) is 33.1 Å². The van der Waals surface area contributed by atoms with Crippen LogP contribution in [0.15, 0.2) is 58.3 Å². The molecule has 0 saturated heterocycles. The second kappa shape index (κ2) is 10.5. The molecule has 0 aliphatic rings. The second-order valence-electron chi connectivity index (χ2n) is 9.45. The van der Waals surface area contributed by atoms with E-state index in [4.69, 9.17) is 22.1 Å². The van der Waals surface area contributed by atoms with Crippen LogP contribution in [-0.4, -0.2) is 36.3 Å². The van der Waals surface area contributed by atoms with Gasteiger partial charge in [0.25, 0.3) is 5.56 Å². The average molecular weight is 561 g/mol. The summed E-state index contributed by atoms with van der Waals surface area (Å²) in [5, 5.41) is 9.78. The molecule has 4 rings (SSSR count). The first kappa shape index (κ1) is 27.7. The number of amides is 1. The van der Waals surface area contributed by atoms with Crippen LogP contribution >= 0.6 is 11.6 Å². The van der Waals surface area contributed by atoms with Gasteiger partial charge in [0.05, 0.1) is 29.6 Å². The number of pyridine rings is 1. The number of benzene rings is 2. The highest BCUT2D eigenvalue weighted by atomic mass is 35.5. The van der Waals surface area contributed by atoms with Crippen LogP contribution < -0.4 is 21.7 Å². The van der Waals surface area contributed by atoms with Gasteiger partial charge in [-0.1, -0.05) is 17.7 Å². The zero-order chi connectivity index (χ0) is 28.6. The SMILES string of the molecule is CC(C)(O)CC(=O)n1c(=O)n(C(N)=O)c2ccc(Cn3ccc(OCc4ccc(F)cc4F)c(Cl)c3=O)cc21. The molecule has 13 heteroatoms. The van der Waals surface area contributed by atoms with Crippen molar-refractivity contribution in [3.05, 3.63) is 97.3 Å². The number of hydrogen-bond donors (Lipinski definition) is 2. The normalized spacial score (nSPS) is 11.6. The number of aliphatic hydroxyl groups is 1. The number of carbonyl (C=O) groups excluding carboxylic acids is 2. The summed E-state index contributed by atoms with van der Waals surface area (Å²) in [6, 6.07) is 7.70. The Morgan fingerprint density at radius 3 is 2.41 bits per heavy atom. The van der Waals surface area contributed by atoms with Gasteiger partial charge >= 0.3 is 11.7 Å². The average Bonchev–Trinajstić information content (AvgIpc) is 3.12. The molecule has 0 atom stereocenters.